The zero-order chi connectivity index (χ0) is 16.6. The fourth-order valence-corrected chi connectivity index (χ4v) is 2.39. The third kappa shape index (κ3) is 3.06. The van der Waals surface area contributed by atoms with E-state index in [1.165, 1.54) is 18.2 Å². The lowest BCUT2D eigenvalue weighted by molar-refractivity contribution is -0.136. The molecule has 3 aromatic rings. The molecule has 0 unspecified atom stereocenters. The van der Waals surface area contributed by atoms with Crippen LogP contribution in [0.25, 0.3) is 10.9 Å². The Labute approximate surface area is 130 Å². The van der Waals surface area contributed by atoms with Crippen molar-refractivity contribution in [3.05, 3.63) is 65.4 Å². The maximum atomic E-state index is 13.0. The smallest absolute Gasteiger partial charge is 0.351 e. The SMILES string of the molecule is Cc1ccc2cc(C(=O)Nc3ccccc3C(F)(F)F)[nH]c2c1. The number of aryl methyl sites for hydroxylation is 1. The fraction of sp³-hybridized carbons (Fsp3) is 0.118. The van der Waals surface area contributed by atoms with Crippen LogP contribution in [0, 0.1) is 6.92 Å². The molecule has 1 heterocycles. The standard InChI is InChI=1S/C17H13F3N2O/c1-10-6-7-11-9-15(21-14(11)8-10)16(23)22-13-5-3-2-4-12(13)17(18,19)20/h2-9,21H,1H3,(H,22,23). The molecule has 0 spiro atoms. The maximum Gasteiger partial charge on any atom is 0.418 e. The monoisotopic (exact) mass is 318 g/mol. The van der Waals surface area contributed by atoms with E-state index in [1.807, 2.05) is 25.1 Å². The Morgan fingerprint density at radius 1 is 1.09 bits per heavy atom. The highest BCUT2D eigenvalue weighted by molar-refractivity contribution is 6.06. The van der Waals surface area contributed by atoms with Crippen molar-refractivity contribution in [1.82, 2.24) is 4.98 Å². The van der Waals surface area contributed by atoms with Gasteiger partial charge in [0.25, 0.3) is 5.91 Å². The van der Waals surface area contributed by atoms with Gasteiger partial charge < -0.3 is 10.3 Å². The van der Waals surface area contributed by atoms with Crippen molar-refractivity contribution in [2.24, 2.45) is 0 Å². The molecule has 23 heavy (non-hydrogen) atoms. The lowest BCUT2D eigenvalue weighted by atomic mass is 10.1. The molecular weight excluding hydrogens is 305 g/mol. The summed E-state index contributed by atoms with van der Waals surface area (Å²) in [5, 5.41) is 3.14. The number of carbonyl (C=O) groups is 1. The molecule has 118 valence electrons. The number of benzene rings is 2. The van der Waals surface area contributed by atoms with Gasteiger partial charge in [-0.15, -0.1) is 0 Å². The van der Waals surface area contributed by atoms with Crippen LogP contribution < -0.4 is 5.32 Å². The Morgan fingerprint density at radius 2 is 1.83 bits per heavy atom. The second-order valence-corrected chi connectivity index (χ2v) is 5.27. The topological polar surface area (TPSA) is 44.9 Å². The molecule has 0 bridgehead atoms. The molecule has 0 saturated heterocycles. The number of H-pyrrole nitrogens is 1. The highest BCUT2D eigenvalue weighted by Crippen LogP contribution is 2.34. The van der Waals surface area contributed by atoms with Crippen LogP contribution in [0.3, 0.4) is 0 Å². The van der Waals surface area contributed by atoms with Gasteiger partial charge in [0.1, 0.15) is 5.69 Å². The number of carbonyl (C=O) groups excluding carboxylic acids is 1. The number of nitrogens with one attached hydrogen (secondary N) is 2. The summed E-state index contributed by atoms with van der Waals surface area (Å²) in [6.45, 7) is 1.92. The fourth-order valence-electron chi connectivity index (χ4n) is 2.39. The van der Waals surface area contributed by atoms with E-state index in [9.17, 15) is 18.0 Å². The minimum Gasteiger partial charge on any atom is -0.351 e. The van der Waals surface area contributed by atoms with Crippen LogP contribution in [0.15, 0.2) is 48.5 Å². The van der Waals surface area contributed by atoms with Gasteiger partial charge in [-0.1, -0.05) is 24.3 Å². The van der Waals surface area contributed by atoms with Gasteiger partial charge in [-0.25, -0.2) is 0 Å². The van der Waals surface area contributed by atoms with Crippen molar-refractivity contribution >= 4 is 22.5 Å². The first-order valence-corrected chi connectivity index (χ1v) is 6.91. The molecule has 0 aliphatic heterocycles. The first kappa shape index (κ1) is 15.1. The van der Waals surface area contributed by atoms with Crippen LogP contribution in [-0.4, -0.2) is 10.9 Å². The zero-order valence-corrected chi connectivity index (χ0v) is 12.2. The number of amides is 1. The van der Waals surface area contributed by atoms with Crippen LogP contribution in [-0.2, 0) is 6.18 Å². The number of anilines is 1. The summed E-state index contributed by atoms with van der Waals surface area (Å²) in [4.78, 5) is 15.2. The van der Waals surface area contributed by atoms with Crippen molar-refractivity contribution < 1.29 is 18.0 Å². The number of aromatic nitrogens is 1. The second-order valence-electron chi connectivity index (χ2n) is 5.27. The van der Waals surface area contributed by atoms with E-state index in [0.717, 1.165) is 22.5 Å². The van der Waals surface area contributed by atoms with Crippen LogP contribution in [0.1, 0.15) is 21.6 Å². The summed E-state index contributed by atoms with van der Waals surface area (Å²) < 4.78 is 38.9. The molecule has 6 heteroatoms. The first-order chi connectivity index (χ1) is 10.8. The van der Waals surface area contributed by atoms with Crippen molar-refractivity contribution in [2.75, 3.05) is 5.32 Å². The predicted octanol–water partition coefficient (Wildman–Crippen LogP) is 4.75. The third-order valence-electron chi connectivity index (χ3n) is 3.50. The molecule has 0 saturated carbocycles. The summed E-state index contributed by atoms with van der Waals surface area (Å²) >= 11 is 0. The number of rotatable bonds is 2. The molecule has 0 atom stereocenters. The molecule has 3 rings (SSSR count). The Bertz CT molecular complexity index is 881. The van der Waals surface area contributed by atoms with E-state index >= 15 is 0 Å². The molecule has 0 aliphatic rings. The summed E-state index contributed by atoms with van der Waals surface area (Å²) in [5.74, 6) is -0.615. The summed E-state index contributed by atoms with van der Waals surface area (Å²) in [5.41, 5.74) is 0.857. The maximum absolute atomic E-state index is 13.0. The summed E-state index contributed by atoms with van der Waals surface area (Å²) in [6, 6.07) is 12.1. The Hall–Kier alpha value is -2.76. The average molecular weight is 318 g/mol. The molecule has 0 fully saturated rings. The molecule has 3 nitrogen and oxygen atoms in total. The largest absolute Gasteiger partial charge is 0.418 e. The van der Waals surface area contributed by atoms with E-state index in [4.69, 9.17) is 0 Å². The van der Waals surface area contributed by atoms with Gasteiger partial charge in [0.15, 0.2) is 0 Å². The molecular formula is C17H13F3N2O. The quantitative estimate of drug-likeness (QED) is 0.704. The van der Waals surface area contributed by atoms with Crippen LogP contribution in [0.5, 0.6) is 0 Å². The van der Waals surface area contributed by atoms with E-state index in [1.54, 1.807) is 6.07 Å². The number of aromatic amines is 1. The van der Waals surface area contributed by atoms with Gasteiger partial charge in [-0.05, 0) is 36.8 Å². The van der Waals surface area contributed by atoms with Gasteiger partial charge in [-0.2, -0.15) is 13.2 Å². The van der Waals surface area contributed by atoms with Crippen LogP contribution >= 0.6 is 0 Å². The average Bonchev–Trinajstić information content (AvgIpc) is 2.89. The molecule has 0 aliphatic carbocycles. The number of fused-ring (bicyclic) bond motifs is 1. The van der Waals surface area contributed by atoms with Crippen LogP contribution in [0.4, 0.5) is 18.9 Å². The predicted molar refractivity (Wildman–Crippen MR) is 82.4 cm³/mol. The first-order valence-electron chi connectivity index (χ1n) is 6.91. The Kier molecular flexibility index (Phi) is 3.60. The molecule has 2 N–H and O–H groups in total. The number of hydrogen-bond donors (Lipinski definition) is 2. The summed E-state index contributed by atoms with van der Waals surface area (Å²) in [6.07, 6.45) is -4.53. The number of alkyl halides is 3. The van der Waals surface area contributed by atoms with E-state index in [-0.39, 0.29) is 11.4 Å². The van der Waals surface area contributed by atoms with Crippen molar-refractivity contribution in [3.63, 3.8) is 0 Å². The van der Waals surface area contributed by atoms with Gasteiger partial charge in [-0.3, -0.25) is 4.79 Å². The second kappa shape index (κ2) is 5.46. The minimum absolute atomic E-state index is 0.211. The van der Waals surface area contributed by atoms with E-state index in [2.05, 4.69) is 10.3 Å². The van der Waals surface area contributed by atoms with Crippen molar-refractivity contribution in [3.8, 4) is 0 Å². The molecule has 2 aromatic carbocycles. The third-order valence-corrected chi connectivity index (χ3v) is 3.50. The van der Waals surface area contributed by atoms with Crippen molar-refractivity contribution in [1.29, 1.82) is 0 Å². The van der Waals surface area contributed by atoms with Gasteiger partial charge >= 0.3 is 6.18 Å². The lowest BCUT2D eigenvalue weighted by Gasteiger charge is -2.12. The van der Waals surface area contributed by atoms with Crippen molar-refractivity contribution in [2.45, 2.75) is 13.1 Å². The highest BCUT2D eigenvalue weighted by atomic mass is 19.4. The number of halogens is 3. The van der Waals surface area contributed by atoms with Gasteiger partial charge in [0.05, 0.1) is 11.3 Å². The normalized spacial score (nSPS) is 11.7. The molecule has 1 amide bonds. The van der Waals surface area contributed by atoms with Crippen LogP contribution in [0.2, 0.25) is 0 Å². The van der Waals surface area contributed by atoms with E-state index < -0.39 is 17.6 Å². The Morgan fingerprint density at radius 3 is 2.57 bits per heavy atom. The van der Waals surface area contributed by atoms with Gasteiger partial charge in [0.2, 0.25) is 0 Å². The highest BCUT2D eigenvalue weighted by Gasteiger charge is 2.33. The minimum atomic E-state index is -4.53. The van der Waals surface area contributed by atoms with Gasteiger partial charge in [0, 0.05) is 10.9 Å². The number of para-hydroxylation sites is 1. The molecule has 1 aromatic heterocycles. The lowest BCUT2D eigenvalue weighted by Crippen LogP contribution is -2.16. The Balaban J connectivity index is 1.92. The van der Waals surface area contributed by atoms with E-state index in [0.29, 0.717) is 0 Å². The number of hydrogen-bond acceptors (Lipinski definition) is 1. The zero-order valence-electron chi connectivity index (χ0n) is 12.2. The summed E-state index contributed by atoms with van der Waals surface area (Å²) in [7, 11) is 0. The molecule has 0 radical (unpaired) electrons.